The minimum absolute atomic E-state index is 0.129. The summed E-state index contributed by atoms with van der Waals surface area (Å²) in [6.07, 6.45) is 5.63. The molecule has 0 nitrogen and oxygen atoms in total. The van der Waals surface area contributed by atoms with E-state index in [9.17, 15) is 0 Å². The Labute approximate surface area is 266 Å². The normalized spacial score (nSPS) is 16.2. The molecule has 1 aliphatic carbocycles. The van der Waals surface area contributed by atoms with Crippen molar-refractivity contribution < 1.29 is 17.9 Å². The number of benzene rings is 4. The summed E-state index contributed by atoms with van der Waals surface area (Å²) in [6, 6.07) is 27.8. The second kappa shape index (κ2) is 12.0. The number of allylic oxidation sites excluding steroid dienone is 1. The van der Waals surface area contributed by atoms with E-state index in [1.165, 1.54) is 69.3 Å². The van der Waals surface area contributed by atoms with Crippen LogP contribution in [0.15, 0.2) is 78.4 Å². The number of fused-ring (bicyclic) bond motifs is 4. The second-order valence-electron chi connectivity index (χ2n) is 12.8. The van der Waals surface area contributed by atoms with Gasteiger partial charge in [-0.3, -0.25) is 0 Å². The van der Waals surface area contributed by atoms with Crippen molar-refractivity contribution in [3.05, 3.63) is 106 Å². The molecule has 0 saturated carbocycles. The summed E-state index contributed by atoms with van der Waals surface area (Å²) in [6.45, 7) is 13.8. The molecule has 0 aromatic heterocycles. The standard InChI is InChI=1S/C26H33.C12H9Si.2ClH.Zr/c1-7-9-19-12-21-11-10-20(8-2)26(25(21)13-19)24-15-22(17(3)4)14-23(16-24)18(5)6;1-3-7-11-9(5-1)10-6-2-4-8-12(10)13-11;;;/h10-18H,7-9H2,1-6H3;1-7H,13H2;2*1H;/q;;;;+2/p-2. The van der Waals surface area contributed by atoms with E-state index in [0.29, 0.717) is 11.8 Å². The number of hydrogen-bond donors (Lipinski definition) is 0. The van der Waals surface area contributed by atoms with Gasteiger partial charge in [-0.2, -0.15) is 0 Å². The van der Waals surface area contributed by atoms with E-state index < -0.39 is 27.4 Å². The third-order valence-electron chi connectivity index (χ3n) is 9.47. The van der Waals surface area contributed by atoms with Crippen LogP contribution >= 0.6 is 17.0 Å². The maximum absolute atomic E-state index is 7.92. The van der Waals surface area contributed by atoms with E-state index in [0.717, 1.165) is 19.3 Å². The van der Waals surface area contributed by atoms with Crippen molar-refractivity contribution >= 4 is 46.3 Å². The van der Waals surface area contributed by atoms with Gasteiger partial charge < -0.3 is 0 Å². The first-order valence-corrected chi connectivity index (χ1v) is 26.1. The molecule has 0 fully saturated rings. The average molecular weight is 689 g/mol. The van der Waals surface area contributed by atoms with Gasteiger partial charge in [0.25, 0.3) is 0 Å². The summed E-state index contributed by atoms with van der Waals surface area (Å²) in [5.74, 6) is 0.956. The monoisotopic (exact) mass is 686 g/mol. The predicted octanol–water partition coefficient (Wildman–Crippen LogP) is 9.29. The van der Waals surface area contributed by atoms with E-state index in [-0.39, 0.29) is 3.63 Å². The van der Waals surface area contributed by atoms with Gasteiger partial charge in [0, 0.05) is 0 Å². The van der Waals surface area contributed by atoms with Crippen LogP contribution in [-0.4, -0.2) is 9.52 Å². The van der Waals surface area contributed by atoms with Gasteiger partial charge in [-0.1, -0.05) is 0 Å². The van der Waals surface area contributed by atoms with Gasteiger partial charge >= 0.3 is 269 Å². The van der Waals surface area contributed by atoms with Crippen LogP contribution < -0.4 is 13.6 Å². The minimum atomic E-state index is -3.98. The topological polar surface area (TPSA) is 0 Å². The fourth-order valence-corrected chi connectivity index (χ4v) is 24.1. The van der Waals surface area contributed by atoms with Gasteiger partial charge in [-0.15, -0.1) is 0 Å². The van der Waals surface area contributed by atoms with Crippen molar-refractivity contribution in [3.8, 4) is 22.3 Å². The van der Waals surface area contributed by atoms with Crippen molar-refractivity contribution in [3.63, 3.8) is 0 Å². The molecule has 0 bridgehead atoms. The molecule has 1 atom stereocenters. The number of rotatable bonds is 8. The van der Waals surface area contributed by atoms with Crippen LogP contribution in [-0.2, 0) is 24.3 Å². The molecule has 4 heteroatoms. The Balaban J connectivity index is 1.55. The molecular weight excluding hydrogens is 647 g/mol. The zero-order valence-electron chi connectivity index (χ0n) is 25.8. The molecular formula is C38H42Cl2SiZr. The van der Waals surface area contributed by atoms with Crippen LogP contribution in [0, 0.1) is 0 Å². The van der Waals surface area contributed by atoms with Crippen molar-refractivity contribution in [2.75, 3.05) is 0 Å². The number of hydrogen-bond acceptors (Lipinski definition) is 0. The summed E-state index contributed by atoms with van der Waals surface area (Å²) < 4.78 is 1.45. The molecule has 4 aromatic rings. The Morgan fingerprint density at radius 3 is 2.17 bits per heavy atom. The van der Waals surface area contributed by atoms with Crippen LogP contribution in [0.5, 0.6) is 0 Å². The average Bonchev–Trinajstić information content (AvgIpc) is 3.54. The quantitative estimate of drug-likeness (QED) is 0.143. The summed E-state index contributed by atoms with van der Waals surface area (Å²) in [7, 11) is 15.2. The summed E-state index contributed by atoms with van der Waals surface area (Å²) in [4.78, 5) is 0. The van der Waals surface area contributed by atoms with Crippen LogP contribution in [0.25, 0.3) is 28.3 Å². The molecule has 1 unspecified atom stereocenters. The van der Waals surface area contributed by atoms with Gasteiger partial charge in [0.05, 0.1) is 0 Å². The van der Waals surface area contributed by atoms with Crippen LogP contribution in [0.2, 0.25) is 0 Å². The SMILES string of the molecule is CCCC1=Cc2c(ccc(CC)c2-c2cc(C(C)C)cc(C(C)C)c2)[CH]1[Zr]([Cl])([Cl])[c]1cccc2c1[SiH2]c1ccccc1-2. The van der Waals surface area contributed by atoms with E-state index in [4.69, 9.17) is 17.0 Å². The Bertz CT molecular complexity index is 1670. The van der Waals surface area contributed by atoms with Gasteiger partial charge in [0.2, 0.25) is 0 Å². The number of aryl methyl sites for hydroxylation is 1. The molecule has 4 aromatic carbocycles. The van der Waals surface area contributed by atoms with E-state index in [2.05, 4.69) is 120 Å². The zero-order valence-corrected chi connectivity index (χ0v) is 31.2. The molecule has 1 aliphatic heterocycles. The molecule has 216 valence electrons. The van der Waals surface area contributed by atoms with Gasteiger partial charge in [-0.05, 0) is 0 Å². The third kappa shape index (κ3) is 5.19. The molecule has 0 spiro atoms. The molecule has 0 saturated heterocycles. The van der Waals surface area contributed by atoms with Crippen LogP contribution in [0.4, 0.5) is 0 Å². The van der Waals surface area contributed by atoms with Crippen molar-refractivity contribution in [1.82, 2.24) is 0 Å². The summed E-state index contributed by atoms with van der Waals surface area (Å²) in [5, 5.41) is 3.02. The molecule has 42 heavy (non-hydrogen) atoms. The predicted molar refractivity (Wildman–Crippen MR) is 186 cm³/mol. The second-order valence-corrected chi connectivity index (χ2v) is 28.7. The molecule has 2 aliphatic rings. The fraction of sp³-hybridized carbons (Fsp3) is 0.316. The molecule has 0 radical (unpaired) electrons. The van der Waals surface area contributed by atoms with Gasteiger partial charge in [0.15, 0.2) is 0 Å². The molecule has 0 amide bonds. The Morgan fingerprint density at radius 2 is 1.50 bits per heavy atom. The van der Waals surface area contributed by atoms with Gasteiger partial charge in [0.1, 0.15) is 0 Å². The number of halogens is 2. The first kappa shape index (κ1) is 30.3. The van der Waals surface area contributed by atoms with Crippen molar-refractivity contribution in [1.29, 1.82) is 0 Å². The molecule has 6 rings (SSSR count). The zero-order chi connectivity index (χ0) is 29.8. The summed E-state index contributed by atoms with van der Waals surface area (Å²) in [5.41, 5.74) is 13.9. The molecule has 0 N–H and O–H groups in total. The van der Waals surface area contributed by atoms with E-state index in [1.54, 1.807) is 0 Å². The van der Waals surface area contributed by atoms with E-state index >= 15 is 0 Å². The van der Waals surface area contributed by atoms with Crippen molar-refractivity contribution in [2.45, 2.75) is 76.3 Å². The van der Waals surface area contributed by atoms with Crippen molar-refractivity contribution in [2.24, 2.45) is 0 Å². The first-order chi connectivity index (χ1) is 20.1. The molecule has 1 heterocycles. The van der Waals surface area contributed by atoms with E-state index in [1.807, 2.05) is 0 Å². The van der Waals surface area contributed by atoms with Crippen LogP contribution in [0.3, 0.4) is 0 Å². The Hall–Kier alpha value is -1.70. The Morgan fingerprint density at radius 1 is 0.810 bits per heavy atom. The summed E-state index contributed by atoms with van der Waals surface area (Å²) >= 11 is -3.98. The van der Waals surface area contributed by atoms with Crippen LogP contribution in [0.1, 0.15) is 97.7 Å². The Kier molecular flexibility index (Phi) is 8.67. The van der Waals surface area contributed by atoms with Gasteiger partial charge in [-0.25, -0.2) is 0 Å². The first-order valence-electron chi connectivity index (χ1n) is 15.8. The fourth-order valence-electron chi connectivity index (χ4n) is 7.24. The third-order valence-corrected chi connectivity index (χ3v) is 23.8. The maximum atomic E-state index is 7.92.